The van der Waals surface area contributed by atoms with Crippen LogP contribution in [-0.4, -0.2) is 30.3 Å². The molecule has 0 unspecified atom stereocenters. The molecule has 0 fully saturated rings. The van der Waals surface area contributed by atoms with E-state index in [-0.39, 0.29) is 16.6 Å². The standard InChI is InChI=1S/C11H13N3O3S2/c1-8-12-13-11(18-8)14-19(16,17)10-4-2-9(3-5-10)6-7-15/h2-5,15H,6-7H2,1H3,(H,13,14). The number of aryl methyl sites for hydroxylation is 1. The summed E-state index contributed by atoms with van der Waals surface area (Å²) >= 11 is 1.17. The number of nitrogens with one attached hydrogen (secondary N) is 1. The molecule has 0 aliphatic heterocycles. The molecule has 0 saturated carbocycles. The molecule has 19 heavy (non-hydrogen) atoms. The van der Waals surface area contributed by atoms with Crippen LogP contribution in [0.2, 0.25) is 0 Å². The van der Waals surface area contributed by atoms with Gasteiger partial charge in [0.25, 0.3) is 10.0 Å². The fourth-order valence-electron chi connectivity index (χ4n) is 1.48. The maximum absolute atomic E-state index is 12.1. The molecule has 8 heteroatoms. The van der Waals surface area contributed by atoms with E-state index in [0.29, 0.717) is 11.4 Å². The number of benzene rings is 1. The van der Waals surface area contributed by atoms with Crippen molar-refractivity contribution in [1.82, 2.24) is 10.2 Å². The monoisotopic (exact) mass is 299 g/mol. The molecule has 0 atom stereocenters. The molecule has 2 N–H and O–H groups in total. The molecular weight excluding hydrogens is 286 g/mol. The first-order valence-electron chi connectivity index (χ1n) is 5.54. The number of aromatic nitrogens is 2. The van der Waals surface area contributed by atoms with Crippen molar-refractivity contribution in [2.75, 3.05) is 11.3 Å². The summed E-state index contributed by atoms with van der Waals surface area (Å²) in [5.41, 5.74) is 0.883. The zero-order valence-corrected chi connectivity index (χ0v) is 11.8. The van der Waals surface area contributed by atoms with E-state index in [4.69, 9.17) is 5.11 Å². The summed E-state index contributed by atoms with van der Waals surface area (Å²) in [7, 11) is -3.64. The largest absolute Gasteiger partial charge is 0.396 e. The number of anilines is 1. The van der Waals surface area contributed by atoms with Gasteiger partial charge in [0.05, 0.1) is 4.90 Å². The lowest BCUT2D eigenvalue weighted by atomic mass is 10.2. The van der Waals surface area contributed by atoms with Gasteiger partial charge in [0.2, 0.25) is 5.13 Å². The number of aliphatic hydroxyl groups is 1. The minimum atomic E-state index is -3.64. The highest BCUT2D eigenvalue weighted by atomic mass is 32.2. The number of nitrogens with zero attached hydrogens (tertiary/aromatic N) is 2. The van der Waals surface area contributed by atoms with Crippen LogP contribution in [0.3, 0.4) is 0 Å². The van der Waals surface area contributed by atoms with Crippen LogP contribution in [0.25, 0.3) is 0 Å². The summed E-state index contributed by atoms with van der Waals surface area (Å²) in [4.78, 5) is 0.155. The van der Waals surface area contributed by atoms with Crippen molar-refractivity contribution in [3.05, 3.63) is 34.8 Å². The number of hydrogen-bond donors (Lipinski definition) is 2. The lowest BCUT2D eigenvalue weighted by Crippen LogP contribution is -2.12. The second-order valence-corrected chi connectivity index (χ2v) is 6.71. The van der Waals surface area contributed by atoms with Gasteiger partial charge in [-0.15, -0.1) is 10.2 Å². The predicted octanol–water partition coefficient (Wildman–Crippen LogP) is 1.18. The maximum atomic E-state index is 12.1. The summed E-state index contributed by atoms with van der Waals surface area (Å²) < 4.78 is 26.5. The topological polar surface area (TPSA) is 92.2 Å². The van der Waals surface area contributed by atoms with E-state index in [2.05, 4.69) is 14.9 Å². The Morgan fingerprint density at radius 2 is 1.95 bits per heavy atom. The Bertz CT molecular complexity index is 650. The van der Waals surface area contributed by atoms with Gasteiger partial charge in [-0.25, -0.2) is 8.42 Å². The molecular formula is C11H13N3O3S2. The van der Waals surface area contributed by atoms with Crippen LogP contribution in [-0.2, 0) is 16.4 Å². The highest BCUT2D eigenvalue weighted by Crippen LogP contribution is 2.19. The van der Waals surface area contributed by atoms with Crippen molar-refractivity contribution in [2.24, 2.45) is 0 Å². The first-order chi connectivity index (χ1) is 9.01. The van der Waals surface area contributed by atoms with Gasteiger partial charge in [-0.05, 0) is 31.0 Å². The Morgan fingerprint density at radius 3 is 2.47 bits per heavy atom. The number of sulfonamides is 1. The second-order valence-electron chi connectivity index (χ2n) is 3.85. The van der Waals surface area contributed by atoms with Crippen LogP contribution in [0.1, 0.15) is 10.6 Å². The van der Waals surface area contributed by atoms with E-state index >= 15 is 0 Å². The molecule has 0 spiro atoms. The predicted molar refractivity (Wildman–Crippen MR) is 72.7 cm³/mol. The molecule has 2 rings (SSSR count). The third-order valence-corrected chi connectivity index (χ3v) is 4.62. The van der Waals surface area contributed by atoms with E-state index < -0.39 is 10.0 Å². The molecule has 102 valence electrons. The summed E-state index contributed by atoms with van der Waals surface area (Å²) in [6.45, 7) is 1.79. The first-order valence-corrected chi connectivity index (χ1v) is 7.84. The van der Waals surface area contributed by atoms with E-state index in [1.165, 1.54) is 23.5 Å². The molecule has 1 heterocycles. The summed E-state index contributed by atoms with van der Waals surface area (Å²) in [6.07, 6.45) is 0.503. The molecule has 6 nitrogen and oxygen atoms in total. The Hall–Kier alpha value is -1.51. The lowest BCUT2D eigenvalue weighted by molar-refractivity contribution is 0.299. The smallest absolute Gasteiger partial charge is 0.263 e. The lowest BCUT2D eigenvalue weighted by Gasteiger charge is -2.05. The van der Waals surface area contributed by atoms with E-state index in [0.717, 1.165) is 5.56 Å². The van der Waals surface area contributed by atoms with Crippen molar-refractivity contribution in [1.29, 1.82) is 0 Å². The molecule has 0 saturated heterocycles. The van der Waals surface area contributed by atoms with E-state index in [1.54, 1.807) is 19.1 Å². The Balaban J connectivity index is 2.19. The summed E-state index contributed by atoms with van der Waals surface area (Å²) in [5, 5.41) is 17.2. The Kier molecular flexibility index (Phi) is 4.13. The van der Waals surface area contributed by atoms with Crippen LogP contribution >= 0.6 is 11.3 Å². The van der Waals surface area contributed by atoms with Crippen LogP contribution in [0.4, 0.5) is 5.13 Å². The van der Waals surface area contributed by atoms with E-state index in [1.807, 2.05) is 0 Å². The third-order valence-electron chi connectivity index (χ3n) is 2.38. The van der Waals surface area contributed by atoms with Crippen LogP contribution in [0.5, 0.6) is 0 Å². The molecule has 0 aliphatic rings. The number of rotatable bonds is 5. The average Bonchev–Trinajstić information content (AvgIpc) is 2.75. The second kappa shape index (κ2) is 5.64. The molecule has 2 aromatic rings. The van der Waals surface area contributed by atoms with Gasteiger partial charge in [-0.2, -0.15) is 0 Å². The van der Waals surface area contributed by atoms with Crippen molar-refractivity contribution >= 4 is 26.5 Å². The van der Waals surface area contributed by atoms with Crippen LogP contribution in [0, 0.1) is 6.92 Å². The van der Waals surface area contributed by atoms with Crippen molar-refractivity contribution in [3.8, 4) is 0 Å². The van der Waals surface area contributed by atoms with Crippen LogP contribution in [0.15, 0.2) is 29.2 Å². The van der Waals surface area contributed by atoms with Gasteiger partial charge in [0, 0.05) is 6.61 Å². The minimum Gasteiger partial charge on any atom is -0.396 e. The number of hydrogen-bond acceptors (Lipinski definition) is 6. The fourth-order valence-corrected chi connectivity index (χ4v) is 3.30. The third kappa shape index (κ3) is 3.49. The van der Waals surface area contributed by atoms with Gasteiger partial charge < -0.3 is 5.11 Å². The van der Waals surface area contributed by atoms with Gasteiger partial charge in [0.15, 0.2) is 0 Å². The van der Waals surface area contributed by atoms with Crippen molar-refractivity contribution in [2.45, 2.75) is 18.2 Å². The zero-order chi connectivity index (χ0) is 13.9. The maximum Gasteiger partial charge on any atom is 0.263 e. The Morgan fingerprint density at radius 1 is 1.26 bits per heavy atom. The SMILES string of the molecule is Cc1nnc(NS(=O)(=O)c2ccc(CCO)cc2)s1. The van der Waals surface area contributed by atoms with Gasteiger partial charge in [-0.1, -0.05) is 23.5 Å². The summed E-state index contributed by atoms with van der Waals surface area (Å²) in [5.74, 6) is 0. The molecule has 0 aliphatic carbocycles. The van der Waals surface area contributed by atoms with Gasteiger partial charge in [0.1, 0.15) is 5.01 Å². The molecule has 1 aromatic heterocycles. The first kappa shape index (κ1) is 13.9. The fraction of sp³-hybridized carbons (Fsp3) is 0.273. The van der Waals surface area contributed by atoms with E-state index in [9.17, 15) is 8.42 Å². The van der Waals surface area contributed by atoms with Crippen LogP contribution < -0.4 is 4.72 Å². The molecule has 0 amide bonds. The normalized spacial score (nSPS) is 11.5. The minimum absolute atomic E-state index is 0.0361. The Labute approximate surface area is 115 Å². The highest BCUT2D eigenvalue weighted by molar-refractivity contribution is 7.93. The molecule has 0 bridgehead atoms. The quantitative estimate of drug-likeness (QED) is 0.865. The van der Waals surface area contributed by atoms with Gasteiger partial charge in [-0.3, -0.25) is 4.72 Å². The van der Waals surface area contributed by atoms with Gasteiger partial charge >= 0.3 is 0 Å². The van der Waals surface area contributed by atoms with Crippen molar-refractivity contribution < 1.29 is 13.5 Å². The molecule has 0 radical (unpaired) electrons. The zero-order valence-electron chi connectivity index (χ0n) is 10.2. The van der Waals surface area contributed by atoms with Crippen molar-refractivity contribution in [3.63, 3.8) is 0 Å². The highest BCUT2D eigenvalue weighted by Gasteiger charge is 2.16. The number of aliphatic hydroxyl groups excluding tert-OH is 1. The summed E-state index contributed by atoms with van der Waals surface area (Å²) in [6, 6.07) is 6.36. The average molecular weight is 299 g/mol. The molecule has 1 aromatic carbocycles.